The number of nitriles is 2. The number of benzene rings is 1. The summed E-state index contributed by atoms with van der Waals surface area (Å²) >= 11 is 0. The number of aromatic amines is 1. The van der Waals surface area contributed by atoms with Crippen LogP contribution in [0.3, 0.4) is 0 Å². The summed E-state index contributed by atoms with van der Waals surface area (Å²) in [6.07, 6.45) is 3.91. The van der Waals surface area contributed by atoms with Gasteiger partial charge < -0.3 is 4.98 Å². The maximum atomic E-state index is 12.4. The zero-order chi connectivity index (χ0) is 16.7. The summed E-state index contributed by atoms with van der Waals surface area (Å²) in [6, 6.07) is 13.2. The molecule has 0 radical (unpaired) electrons. The summed E-state index contributed by atoms with van der Waals surface area (Å²) in [6.45, 7) is 0. The Hall–Kier alpha value is -3.70. The molecule has 0 spiro atoms. The molecule has 24 heavy (non-hydrogen) atoms. The molecule has 0 aliphatic heterocycles. The van der Waals surface area contributed by atoms with Gasteiger partial charge in [0.15, 0.2) is 0 Å². The van der Waals surface area contributed by atoms with Crippen LogP contribution in [0.25, 0.3) is 22.4 Å². The summed E-state index contributed by atoms with van der Waals surface area (Å²) in [5.74, 6) is 0. The van der Waals surface area contributed by atoms with Crippen LogP contribution in [0.2, 0.25) is 0 Å². The second-order valence-corrected chi connectivity index (χ2v) is 5.57. The van der Waals surface area contributed by atoms with E-state index in [4.69, 9.17) is 5.26 Å². The predicted molar refractivity (Wildman–Crippen MR) is 88.0 cm³/mol. The molecule has 0 fully saturated rings. The Labute approximate surface area is 137 Å². The van der Waals surface area contributed by atoms with Gasteiger partial charge in [-0.25, -0.2) is 0 Å². The van der Waals surface area contributed by atoms with E-state index in [1.54, 1.807) is 30.6 Å². The number of hydrogen-bond acceptors (Lipinski definition) is 4. The Balaban J connectivity index is 2.08. The highest BCUT2D eigenvalue weighted by Crippen LogP contribution is 2.40. The standard InChI is InChI=1S/C19H10N4O/c20-8-11-3-4-12-7-15-17(13-2-1-5-22-10-13)16(9-21)19(24)23-18(15)14(12)6-11/h1-6,10H,7H2,(H,23,24). The molecule has 0 unspecified atom stereocenters. The third kappa shape index (κ3) is 1.93. The van der Waals surface area contributed by atoms with E-state index in [9.17, 15) is 10.1 Å². The van der Waals surface area contributed by atoms with E-state index in [1.807, 2.05) is 18.2 Å². The summed E-state index contributed by atoms with van der Waals surface area (Å²) < 4.78 is 0. The van der Waals surface area contributed by atoms with Gasteiger partial charge >= 0.3 is 0 Å². The van der Waals surface area contributed by atoms with Gasteiger partial charge in [0, 0.05) is 35.5 Å². The second-order valence-electron chi connectivity index (χ2n) is 5.57. The molecular weight excluding hydrogens is 300 g/mol. The van der Waals surface area contributed by atoms with E-state index >= 15 is 0 Å². The summed E-state index contributed by atoms with van der Waals surface area (Å²) in [5.41, 5.74) is 5.02. The lowest BCUT2D eigenvalue weighted by Gasteiger charge is -2.10. The maximum absolute atomic E-state index is 12.4. The van der Waals surface area contributed by atoms with Crippen LogP contribution >= 0.6 is 0 Å². The van der Waals surface area contributed by atoms with Crippen molar-refractivity contribution >= 4 is 0 Å². The van der Waals surface area contributed by atoms with Gasteiger partial charge in [-0.05, 0) is 29.3 Å². The molecule has 1 aliphatic carbocycles. The van der Waals surface area contributed by atoms with Gasteiger partial charge in [0.25, 0.3) is 5.56 Å². The average molecular weight is 310 g/mol. The van der Waals surface area contributed by atoms with Crippen LogP contribution in [-0.2, 0) is 6.42 Å². The number of H-pyrrole nitrogens is 1. The molecule has 5 heteroatoms. The van der Waals surface area contributed by atoms with Gasteiger partial charge in [-0.1, -0.05) is 12.1 Å². The second kappa shape index (κ2) is 5.19. The van der Waals surface area contributed by atoms with Gasteiger partial charge in [-0.3, -0.25) is 9.78 Å². The van der Waals surface area contributed by atoms with Crippen molar-refractivity contribution in [3.63, 3.8) is 0 Å². The van der Waals surface area contributed by atoms with Crippen LogP contribution in [0, 0.1) is 22.7 Å². The first kappa shape index (κ1) is 13.9. The molecule has 0 amide bonds. The molecule has 0 saturated carbocycles. The molecule has 0 bridgehead atoms. The smallest absolute Gasteiger partial charge is 0.266 e. The Morgan fingerprint density at radius 2 is 2.04 bits per heavy atom. The fourth-order valence-electron chi connectivity index (χ4n) is 3.21. The van der Waals surface area contributed by atoms with Crippen molar-refractivity contribution in [3.8, 4) is 34.5 Å². The minimum absolute atomic E-state index is 0.0927. The Bertz CT molecular complexity index is 1120. The number of aromatic nitrogens is 2. The summed E-state index contributed by atoms with van der Waals surface area (Å²) in [7, 11) is 0. The zero-order valence-electron chi connectivity index (χ0n) is 12.5. The minimum Gasteiger partial charge on any atom is -0.320 e. The fourth-order valence-corrected chi connectivity index (χ4v) is 3.21. The van der Waals surface area contributed by atoms with Crippen molar-refractivity contribution in [1.29, 1.82) is 10.5 Å². The van der Waals surface area contributed by atoms with Crippen molar-refractivity contribution in [3.05, 3.63) is 75.3 Å². The predicted octanol–water partition coefficient (Wildman–Crippen LogP) is 2.75. The highest BCUT2D eigenvalue weighted by Gasteiger charge is 2.26. The van der Waals surface area contributed by atoms with E-state index in [1.165, 1.54) is 0 Å². The minimum atomic E-state index is -0.426. The molecule has 112 valence electrons. The van der Waals surface area contributed by atoms with Crippen LogP contribution in [-0.4, -0.2) is 9.97 Å². The van der Waals surface area contributed by atoms with E-state index in [2.05, 4.69) is 16.0 Å². The topological polar surface area (TPSA) is 93.3 Å². The van der Waals surface area contributed by atoms with E-state index < -0.39 is 5.56 Å². The number of rotatable bonds is 1. The zero-order valence-corrected chi connectivity index (χ0v) is 12.5. The molecule has 0 atom stereocenters. The van der Waals surface area contributed by atoms with E-state index in [-0.39, 0.29) is 5.56 Å². The Morgan fingerprint density at radius 3 is 2.75 bits per heavy atom. The van der Waals surface area contributed by atoms with Crippen molar-refractivity contribution in [1.82, 2.24) is 9.97 Å². The van der Waals surface area contributed by atoms with Crippen LogP contribution in [0.5, 0.6) is 0 Å². The third-order valence-corrected chi connectivity index (χ3v) is 4.26. The van der Waals surface area contributed by atoms with E-state index in [0.29, 0.717) is 23.2 Å². The quantitative estimate of drug-likeness (QED) is 0.585. The van der Waals surface area contributed by atoms with E-state index in [0.717, 1.165) is 22.3 Å². The highest BCUT2D eigenvalue weighted by molar-refractivity contribution is 5.85. The summed E-state index contributed by atoms with van der Waals surface area (Å²) in [4.78, 5) is 19.3. The van der Waals surface area contributed by atoms with Crippen LogP contribution < -0.4 is 5.56 Å². The average Bonchev–Trinajstić information content (AvgIpc) is 2.98. The maximum Gasteiger partial charge on any atom is 0.266 e. The number of pyridine rings is 2. The Kier molecular flexibility index (Phi) is 3.01. The SMILES string of the molecule is N#Cc1ccc2c(c1)-c1[nH]c(=O)c(C#N)c(-c3cccnc3)c1C2. The first-order valence-corrected chi connectivity index (χ1v) is 7.36. The monoisotopic (exact) mass is 310 g/mol. The largest absolute Gasteiger partial charge is 0.320 e. The lowest BCUT2D eigenvalue weighted by Crippen LogP contribution is -2.14. The first-order chi connectivity index (χ1) is 11.7. The fraction of sp³-hybridized carbons (Fsp3) is 0.0526. The molecule has 1 N–H and O–H groups in total. The lowest BCUT2D eigenvalue weighted by molar-refractivity contribution is 1.17. The van der Waals surface area contributed by atoms with Crippen molar-refractivity contribution in [2.24, 2.45) is 0 Å². The molecule has 2 aromatic heterocycles. The van der Waals surface area contributed by atoms with Crippen molar-refractivity contribution in [2.75, 3.05) is 0 Å². The molecule has 3 aromatic rings. The highest BCUT2D eigenvalue weighted by atomic mass is 16.1. The molecular formula is C19H10N4O. The van der Waals surface area contributed by atoms with Crippen LogP contribution in [0.1, 0.15) is 22.3 Å². The lowest BCUT2D eigenvalue weighted by atomic mass is 9.96. The van der Waals surface area contributed by atoms with Crippen molar-refractivity contribution in [2.45, 2.75) is 6.42 Å². The summed E-state index contributed by atoms with van der Waals surface area (Å²) in [5, 5.41) is 18.6. The molecule has 1 aliphatic rings. The van der Waals surface area contributed by atoms with Gasteiger partial charge in [0.05, 0.1) is 17.3 Å². The number of fused-ring (bicyclic) bond motifs is 3. The van der Waals surface area contributed by atoms with Gasteiger partial charge in [-0.15, -0.1) is 0 Å². The van der Waals surface area contributed by atoms with Crippen LogP contribution in [0.15, 0.2) is 47.5 Å². The van der Waals surface area contributed by atoms with Gasteiger partial charge in [0.2, 0.25) is 0 Å². The molecule has 1 aromatic carbocycles. The molecule has 4 rings (SSSR count). The number of hydrogen-bond donors (Lipinski definition) is 1. The van der Waals surface area contributed by atoms with Gasteiger partial charge in [0.1, 0.15) is 11.6 Å². The molecule has 5 nitrogen and oxygen atoms in total. The number of nitrogens with zero attached hydrogens (tertiary/aromatic N) is 3. The first-order valence-electron chi connectivity index (χ1n) is 7.36. The Morgan fingerprint density at radius 1 is 1.17 bits per heavy atom. The molecule has 2 heterocycles. The van der Waals surface area contributed by atoms with Crippen LogP contribution in [0.4, 0.5) is 0 Å². The van der Waals surface area contributed by atoms with Crippen molar-refractivity contribution < 1.29 is 0 Å². The number of nitrogens with one attached hydrogen (secondary N) is 1. The third-order valence-electron chi connectivity index (χ3n) is 4.26. The van der Waals surface area contributed by atoms with Gasteiger partial charge in [-0.2, -0.15) is 10.5 Å². The normalized spacial score (nSPS) is 11.2. The molecule has 0 saturated heterocycles.